The second-order valence-electron chi connectivity index (χ2n) is 7.39. The standard InChI is InChI=1S/C24H19N7/c25-23-27-22(31-20-14-8-7-13-19(20)26-24(31)28-23)18-15-30(17-11-5-2-6-12-17)29-21(18)16-9-3-1-4-10-16/h1-15,22H,(H3,25,26,27,28). The number of nitrogens with one attached hydrogen (secondary N) is 1. The number of fused-ring (bicyclic) bond motifs is 3. The van der Waals surface area contributed by atoms with E-state index in [1.54, 1.807) is 0 Å². The lowest BCUT2D eigenvalue weighted by atomic mass is 10.1. The Kier molecular flexibility index (Phi) is 3.86. The summed E-state index contributed by atoms with van der Waals surface area (Å²) < 4.78 is 3.97. The van der Waals surface area contributed by atoms with Crippen molar-refractivity contribution in [1.82, 2.24) is 19.3 Å². The molecule has 0 amide bonds. The highest BCUT2D eigenvalue weighted by atomic mass is 15.4. The zero-order chi connectivity index (χ0) is 20.8. The van der Waals surface area contributed by atoms with Crippen molar-refractivity contribution >= 4 is 22.9 Å². The number of aromatic nitrogens is 4. The van der Waals surface area contributed by atoms with Gasteiger partial charge in [-0.3, -0.25) is 9.88 Å². The van der Waals surface area contributed by atoms with Crippen molar-refractivity contribution in [3.8, 4) is 16.9 Å². The SMILES string of the molecule is NC1=NC(c2cn(-c3ccccc3)nc2-c2ccccc2)n2c(nc3ccccc32)N1. The van der Waals surface area contributed by atoms with Crippen LogP contribution in [0.4, 0.5) is 5.95 Å². The zero-order valence-corrected chi connectivity index (χ0v) is 16.6. The van der Waals surface area contributed by atoms with E-state index in [-0.39, 0.29) is 0 Å². The number of hydrogen-bond acceptors (Lipinski definition) is 5. The first kappa shape index (κ1) is 17.5. The highest BCUT2D eigenvalue weighted by Crippen LogP contribution is 2.37. The van der Waals surface area contributed by atoms with Gasteiger partial charge in [-0.25, -0.2) is 14.7 Å². The maximum atomic E-state index is 6.16. The molecule has 1 unspecified atom stereocenters. The molecule has 0 spiro atoms. The molecule has 1 atom stereocenters. The quantitative estimate of drug-likeness (QED) is 0.472. The van der Waals surface area contributed by atoms with Gasteiger partial charge in [-0.1, -0.05) is 60.7 Å². The number of benzene rings is 3. The van der Waals surface area contributed by atoms with Gasteiger partial charge in [0.2, 0.25) is 5.95 Å². The largest absolute Gasteiger partial charge is 0.370 e. The van der Waals surface area contributed by atoms with Gasteiger partial charge in [0.1, 0.15) is 0 Å². The van der Waals surface area contributed by atoms with Crippen LogP contribution in [0.5, 0.6) is 0 Å². The van der Waals surface area contributed by atoms with Crippen molar-refractivity contribution in [1.29, 1.82) is 0 Å². The van der Waals surface area contributed by atoms with E-state index in [4.69, 9.17) is 20.8 Å². The molecule has 3 heterocycles. The Morgan fingerprint density at radius 1 is 0.839 bits per heavy atom. The lowest BCUT2D eigenvalue weighted by Gasteiger charge is -2.23. The van der Waals surface area contributed by atoms with Crippen LogP contribution in [0.2, 0.25) is 0 Å². The van der Waals surface area contributed by atoms with Crippen LogP contribution >= 0.6 is 0 Å². The monoisotopic (exact) mass is 405 g/mol. The average molecular weight is 405 g/mol. The summed E-state index contributed by atoms with van der Waals surface area (Å²) in [7, 11) is 0. The Balaban J connectivity index is 1.61. The molecule has 1 aliphatic rings. The fraction of sp³-hybridized carbons (Fsp3) is 0.0417. The molecule has 7 heteroatoms. The molecule has 3 aromatic carbocycles. The number of nitrogens with zero attached hydrogens (tertiary/aromatic N) is 5. The maximum Gasteiger partial charge on any atom is 0.212 e. The Morgan fingerprint density at radius 2 is 1.55 bits per heavy atom. The van der Waals surface area contributed by atoms with E-state index in [2.05, 4.69) is 22.0 Å². The normalized spacial score (nSPS) is 15.4. The first-order chi connectivity index (χ1) is 15.3. The summed E-state index contributed by atoms with van der Waals surface area (Å²) in [5.74, 6) is 1.00. The van der Waals surface area contributed by atoms with Gasteiger partial charge in [0.05, 0.1) is 22.4 Å². The Bertz CT molecular complexity index is 1410. The molecule has 6 rings (SSSR count). The van der Waals surface area contributed by atoms with E-state index in [9.17, 15) is 0 Å². The molecule has 31 heavy (non-hydrogen) atoms. The third-order valence-corrected chi connectivity index (χ3v) is 5.43. The first-order valence-electron chi connectivity index (χ1n) is 10.1. The van der Waals surface area contributed by atoms with Gasteiger partial charge in [-0.2, -0.15) is 5.10 Å². The zero-order valence-electron chi connectivity index (χ0n) is 16.6. The summed E-state index contributed by atoms with van der Waals surface area (Å²) >= 11 is 0. The minimum Gasteiger partial charge on any atom is -0.370 e. The van der Waals surface area contributed by atoms with Gasteiger partial charge in [0.25, 0.3) is 0 Å². The average Bonchev–Trinajstić information content (AvgIpc) is 3.42. The molecule has 0 saturated heterocycles. The van der Waals surface area contributed by atoms with Crippen molar-refractivity contribution in [3.05, 3.63) is 96.7 Å². The van der Waals surface area contributed by atoms with E-state index < -0.39 is 6.17 Å². The van der Waals surface area contributed by atoms with Crippen molar-refractivity contribution < 1.29 is 0 Å². The van der Waals surface area contributed by atoms with Gasteiger partial charge in [-0.15, -0.1) is 0 Å². The molecule has 0 bridgehead atoms. The Morgan fingerprint density at radius 3 is 2.35 bits per heavy atom. The number of para-hydroxylation sites is 3. The van der Waals surface area contributed by atoms with Gasteiger partial charge in [0.15, 0.2) is 12.1 Å². The number of aliphatic imine (C=N–C) groups is 1. The molecule has 5 aromatic rings. The molecule has 0 saturated carbocycles. The lowest BCUT2D eigenvalue weighted by Crippen LogP contribution is -2.31. The fourth-order valence-corrected chi connectivity index (χ4v) is 4.03. The molecule has 0 aliphatic carbocycles. The van der Waals surface area contributed by atoms with Crippen LogP contribution in [0.25, 0.3) is 28.0 Å². The first-order valence-corrected chi connectivity index (χ1v) is 10.1. The van der Waals surface area contributed by atoms with E-state index in [1.807, 2.05) is 83.7 Å². The van der Waals surface area contributed by atoms with Crippen LogP contribution in [0, 0.1) is 0 Å². The molecule has 1 aliphatic heterocycles. The van der Waals surface area contributed by atoms with Gasteiger partial charge in [-0.05, 0) is 24.3 Å². The molecule has 3 N–H and O–H groups in total. The van der Waals surface area contributed by atoms with E-state index in [1.165, 1.54) is 0 Å². The van der Waals surface area contributed by atoms with Crippen LogP contribution in [-0.4, -0.2) is 25.3 Å². The highest BCUT2D eigenvalue weighted by Gasteiger charge is 2.29. The predicted octanol–water partition coefficient (Wildman–Crippen LogP) is 4.18. The molecule has 150 valence electrons. The van der Waals surface area contributed by atoms with Crippen LogP contribution in [-0.2, 0) is 0 Å². The topological polar surface area (TPSA) is 86.0 Å². The number of guanidine groups is 1. The lowest BCUT2D eigenvalue weighted by molar-refractivity contribution is 0.627. The van der Waals surface area contributed by atoms with Crippen molar-refractivity contribution in [2.24, 2.45) is 10.7 Å². The second-order valence-corrected chi connectivity index (χ2v) is 7.39. The Labute approximate surface area is 178 Å². The van der Waals surface area contributed by atoms with E-state index >= 15 is 0 Å². The number of imidazole rings is 1. The van der Waals surface area contributed by atoms with Crippen molar-refractivity contribution in [3.63, 3.8) is 0 Å². The summed E-state index contributed by atoms with van der Waals surface area (Å²) in [6, 6.07) is 28.2. The molecule has 0 fully saturated rings. The summed E-state index contributed by atoms with van der Waals surface area (Å²) in [5.41, 5.74) is 11.8. The van der Waals surface area contributed by atoms with Crippen LogP contribution in [0.3, 0.4) is 0 Å². The fourth-order valence-electron chi connectivity index (χ4n) is 4.03. The van der Waals surface area contributed by atoms with Gasteiger partial charge >= 0.3 is 0 Å². The molecule has 0 radical (unpaired) electrons. The minimum atomic E-state index is -0.392. The second kappa shape index (κ2) is 6.84. The number of rotatable bonds is 3. The van der Waals surface area contributed by atoms with Gasteiger partial charge < -0.3 is 5.73 Å². The summed E-state index contributed by atoms with van der Waals surface area (Å²) in [4.78, 5) is 9.47. The predicted molar refractivity (Wildman–Crippen MR) is 122 cm³/mol. The van der Waals surface area contributed by atoms with Gasteiger partial charge in [0, 0.05) is 17.3 Å². The number of hydrogen-bond donors (Lipinski definition) is 2. The summed E-state index contributed by atoms with van der Waals surface area (Å²) in [5, 5.41) is 8.04. The Hall–Kier alpha value is -4.39. The number of nitrogens with two attached hydrogens (primary N) is 1. The minimum absolute atomic E-state index is 0.333. The summed E-state index contributed by atoms with van der Waals surface area (Å²) in [6.45, 7) is 0. The van der Waals surface area contributed by atoms with E-state index in [0.29, 0.717) is 11.9 Å². The molecular formula is C24H19N7. The molecule has 2 aromatic heterocycles. The molecular weight excluding hydrogens is 386 g/mol. The number of anilines is 1. The smallest absolute Gasteiger partial charge is 0.212 e. The highest BCUT2D eigenvalue weighted by molar-refractivity contribution is 5.95. The van der Waals surface area contributed by atoms with Crippen LogP contribution in [0.1, 0.15) is 11.7 Å². The third kappa shape index (κ3) is 2.86. The van der Waals surface area contributed by atoms with Crippen LogP contribution in [0.15, 0.2) is 96.1 Å². The maximum absolute atomic E-state index is 6.16. The molecule has 7 nitrogen and oxygen atoms in total. The third-order valence-electron chi connectivity index (χ3n) is 5.43. The van der Waals surface area contributed by atoms with Crippen molar-refractivity contribution in [2.45, 2.75) is 6.17 Å². The van der Waals surface area contributed by atoms with E-state index in [0.717, 1.165) is 33.5 Å². The van der Waals surface area contributed by atoms with Crippen LogP contribution < -0.4 is 11.1 Å². The van der Waals surface area contributed by atoms with Crippen molar-refractivity contribution in [2.75, 3.05) is 5.32 Å². The summed E-state index contributed by atoms with van der Waals surface area (Å²) in [6.07, 6.45) is 1.64.